The van der Waals surface area contributed by atoms with Crippen molar-refractivity contribution >= 4 is 18.7 Å². The Hall–Kier alpha value is -1.97. The molecule has 112 valence electrons. The fourth-order valence-electron chi connectivity index (χ4n) is 2.86. The monoisotopic (exact) mass is 284 g/mol. The second-order valence-corrected chi connectivity index (χ2v) is 5.97. The first kappa shape index (κ1) is 15.4. The Bertz CT molecular complexity index is 562. The molecular formula is C17H24N4. The number of fused-ring (bicyclic) bond motifs is 1. The minimum absolute atomic E-state index is 0.0430. The summed E-state index contributed by atoms with van der Waals surface area (Å²) < 4.78 is 0. The van der Waals surface area contributed by atoms with E-state index in [0.717, 1.165) is 30.8 Å². The Kier molecular flexibility index (Phi) is 4.89. The van der Waals surface area contributed by atoms with Crippen molar-refractivity contribution in [3.8, 4) is 0 Å². The van der Waals surface area contributed by atoms with Crippen LogP contribution in [0.25, 0.3) is 0 Å². The zero-order valence-corrected chi connectivity index (χ0v) is 12.9. The fourth-order valence-corrected chi connectivity index (χ4v) is 2.86. The predicted octanol–water partition coefficient (Wildman–Crippen LogP) is 3.73. The number of nitrogens with one attached hydrogen (secondary N) is 2. The molecule has 1 aromatic rings. The van der Waals surface area contributed by atoms with E-state index in [9.17, 15) is 0 Å². The van der Waals surface area contributed by atoms with E-state index in [1.54, 1.807) is 6.20 Å². The van der Waals surface area contributed by atoms with Crippen LogP contribution in [0.4, 0.5) is 5.82 Å². The quantitative estimate of drug-likeness (QED) is 0.749. The lowest BCUT2D eigenvalue weighted by molar-refractivity contribution is 0.524. The van der Waals surface area contributed by atoms with Gasteiger partial charge in [0.25, 0.3) is 0 Å². The lowest BCUT2D eigenvalue weighted by atomic mass is 9.79. The van der Waals surface area contributed by atoms with Crippen LogP contribution < -0.4 is 5.32 Å². The fraction of sp³-hybridized carbons (Fsp3) is 0.471. The van der Waals surface area contributed by atoms with Gasteiger partial charge in [0.15, 0.2) is 0 Å². The van der Waals surface area contributed by atoms with Crippen LogP contribution in [0, 0.1) is 5.41 Å². The SMILES string of the molecule is C=N/C=C(\C=N)CC1(C)CNc2ncc(CCCC)cc21. The number of allylic oxidation sites excluding steroid dienone is 1. The first-order valence-corrected chi connectivity index (χ1v) is 7.51. The molecule has 4 heteroatoms. The summed E-state index contributed by atoms with van der Waals surface area (Å²) in [4.78, 5) is 8.36. The molecule has 0 spiro atoms. The molecule has 2 heterocycles. The molecule has 2 N–H and O–H groups in total. The Morgan fingerprint density at radius 1 is 1.62 bits per heavy atom. The van der Waals surface area contributed by atoms with Crippen LogP contribution in [0.1, 0.15) is 44.2 Å². The molecule has 1 aromatic heterocycles. The lowest BCUT2D eigenvalue weighted by Gasteiger charge is -2.24. The molecule has 0 saturated heterocycles. The average molecular weight is 284 g/mol. The van der Waals surface area contributed by atoms with Crippen LogP contribution in [0.2, 0.25) is 0 Å². The van der Waals surface area contributed by atoms with Gasteiger partial charge in [0.2, 0.25) is 0 Å². The molecule has 1 aliphatic rings. The highest BCUT2D eigenvalue weighted by molar-refractivity contribution is 5.76. The number of pyridine rings is 1. The van der Waals surface area contributed by atoms with Gasteiger partial charge >= 0.3 is 0 Å². The summed E-state index contributed by atoms with van der Waals surface area (Å²) in [6.45, 7) is 8.75. The zero-order valence-electron chi connectivity index (χ0n) is 12.9. The summed E-state index contributed by atoms with van der Waals surface area (Å²) in [7, 11) is 0. The van der Waals surface area contributed by atoms with Gasteiger partial charge in [-0.05, 0) is 43.2 Å². The molecular weight excluding hydrogens is 260 g/mol. The molecule has 1 aliphatic heterocycles. The molecule has 0 radical (unpaired) electrons. The van der Waals surface area contributed by atoms with Crippen molar-refractivity contribution in [1.29, 1.82) is 5.41 Å². The molecule has 1 atom stereocenters. The maximum atomic E-state index is 7.51. The molecule has 4 nitrogen and oxygen atoms in total. The van der Waals surface area contributed by atoms with Crippen molar-refractivity contribution in [2.24, 2.45) is 4.99 Å². The smallest absolute Gasteiger partial charge is 0.129 e. The van der Waals surface area contributed by atoms with Crippen LogP contribution in [0.3, 0.4) is 0 Å². The highest BCUT2D eigenvalue weighted by Gasteiger charge is 2.35. The maximum Gasteiger partial charge on any atom is 0.129 e. The number of anilines is 1. The molecule has 0 aliphatic carbocycles. The van der Waals surface area contributed by atoms with Crippen molar-refractivity contribution in [2.75, 3.05) is 11.9 Å². The number of aryl methyl sites for hydroxylation is 1. The largest absolute Gasteiger partial charge is 0.369 e. The molecule has 0 fully saturated rings. The molecule has 0 bridgehead atoms. The van der Waals surface area contributed by atoms with E-state index in [4.69, 9.17) is 5.41 Å². The first-order chi connectivity index (χ1) is 10.1. The van der Waals surface area contributed by atoms with Crippen molar-refractivity contribution in [3.05, 3.63) is 35.2 Å². The van der Waals surface area contributed by atoms with E-state index >= 15 is 0 Å². The number of rotatable bonds is 7. The maximum absolute atomic E-state index is 7.51. The summed E-state index contributed by atoms with van der Waals surface area (Å²) in [5, 5.41) is 10.9. The topological polar surface area (TPSA) is 61.1 Å². The van der Waals surface area contributed by atoms with Crippen molar-refractivity contribution in [2.45, 2.75) is 44.9 Å². The third kappa shape index (κ3) is 3.38. The molecule has 2 rings (SSSR count). The van der Waals surface area contributed by atoms with E-state index in [1.165, 1.54) is 30.2 Å². The summed E-state index contributed by atoms with van der Waals surface area (Å²) in [6, 6.07) is 2.28. The molecule has 0 amide bonds. The lowest BCUT2D eigenvalue weighted by Crippen LogP contribution is -2.25. The van der Waals surface area contributed by atoms with E-state index < -0.39 is 0 Å². The van der Waals surface area contributed by atoms with Crippen LogP contribution >= 0.6 is 0 Å². The first-order valence-electron chi connectivity index (χ1n) is 7.51. The van der Waals surface area contributed by atoms with Crippen LogP contribution in [-0.4, -0.2) is 24.5 Å². The van der Waals surface area contributed by atoms with Crippen molar-refractivity contribution in [3.63, 3.8) is 0 Å². The third-order valence-corrected chi connectivity index (χ3v) is 4.10. The number of hydrogen-bond acceptors (Lipinski definition) is 4. The van der Waals surface area contributed by atoms with Gasteiger partial charge in [-0.2, -0.15) is 0 Å². The molecule has 0 aromatic carbocycles. The van der Waals surface area contributed by atoms with Crippen molar-refractivity contribution < 1.29 is 0 Å². The predicted molar refractivity (Wildman–Crippen MR) is 89.7 cm³/mol. The Morgan fingerprint density at radius 3 is 3.10 bits per heavy atom. The average Bonchev–Trinajstić information content (AvgIpc) is 2.82. The van der Waals surface area contributed by atoms with Gasteiger partial charge in [0.05, 0.1) is 0 Å². The highest BCUT2D eigenvalue weighted by Crippen LogP contribution is 2.40. The van der Waals surface area contributed by atoms with E-state index in [2.05, 4.69) is 41.9 Å². The third-order valence-electron chi connectivity index (χ3n) is 4.10. The standard InChI is InChI=1S/C17H24N4/c1-4-5-6-13-7-15-16(20-11-13)21-12-17(15,2)8-14(9-18)10-19-3/h7,9-11,18H,3-6,8,12H2,1-2H3,(H,20,21)/b14-10-,18-9?. The van der Waals surface area contributed by atoms with Crippen molar-refractivity contribution in [1.82, 2.24) is 4.98 Å². The summed E-state index contributed by atoms with van der Waals surface area (Å²) >= 11 is 0. The van der Waals surface area contributed by atoms with E-state index in [-0.39, 0.29) is 5.41 Å². The number of nitrogens with zero attached hydrogens (tertiary/aromatic N) is 2. The summed E-state index contributed by atoms with van der Waals surface area (Å²) in [5.74, 6) is 0.980. The number of aromatic nitrogens is 1. The number of aliphatic imine (C=N–C) groups is 1. The van der Waals surface area contributed by atoms with Crippen LogP contribution in [-0.2, 0) is 11.8 Å². The zero-order chi connectivity index (χ0) is 15.3. The minimum atomic E-state index is -0.0430. The van der Waals surface area contributed by atoms with E-state index in [0.29, 0.717) is 0 Å². The highest BCUT2D eigenvalue weighted by atomic mass is 15.0. The van der Waals surface area contributed by atoms with Gasteiger partial charge in [-0.3, -0.25) is 4.99 Å². The molecule has 1 unspecified atom stereocenters. The minimum Gasteiger partial charge on any atom is -0.369 e. The molecule has 21 heavy (non-hydrogen) atoms. The number of unbranched alkanes of at least 4 members (excludes halogenated alkanes) is 1. The molecule has 0 saturated carbocycles. The van der Waals surface area contributed by atoms with Crippen LogP contribution in [0.15, 0.2) is 29.0 Å². The van der Waals surface area contributed by atoms with E-state index in [1.807, 2.05) is 6.20 Å². The van der Waals surface area contributed by atoms with Gasteiger partial charge in [0.1, 0.15) is 5.82 Å². The Balaban J connectivity index is 2.27. The normalized spacial score (nSPS) is 20.8. The number of hydrogen-bond donors (Lipinski definition) is 2. The summed E-state index contributed by atoms with van der Waals surface area (Å²) in [6.07, 6.45) is 9.25. The van der Waals surface area contributed by atoms with Gasteiger partial charge in [-0.25, -0.2) is 4.98 Å². The second kappa shape index (κ2) is 6.66. The van der Waals surface area contributed by atoms with Gasteiger partial charge in [-0.15, -0.1) is 0 Å². The van der Waals surface area contributed by atoms with Gasteiger partial charge < -0.3 is 10.7 Å². The van der Waals surface area contributed by atoms with Gasteiger partial charge in [0, 0.05) is 36.1 Å². The summed E-state index contributed by atoms with van der Waals surface area (Å²) in [5.41, 5.74) is 3.40. The second-order valence-electron chi connectivity index (χ2n) is 5.97. The van der Waals surface area contributed by atoms with Crippen LogP contribution in [0.5, 0.6) is 0 Å². The van der Waals surface area contributed by atoms with Gasteiger partial charge in [-0.1, -0.05) is 20.3 Å². The Labute approximate surface area is 126 Å². The Morgan fingerprint density at radius 2 is 2.43 bits per heavy atom.